The Labute approximate surface area is 148 Å². The van der Waals surface area contributed by atoms with Gasteiger partial charge in [0.05, 0.1) is 0 Å². The van der Waals surface area contributed by atoms with Crippen LogP contribution in [0.15, 0.2) is 46.9 Å². The van der Waals surface area contributed by atoms with E-state index in [1.165, 1.54) is 0 Å². The van der Waals surface area contributed by atoms with E-state index in [1.807, 2.05) is 31.2 Å². The number of amides is 2. The summed E-state index contributed by atoms with van der Waals surface area (Å²) in [6.07, 6.45) is 0.749. The first-order valence-electron chi connectivity index (χ1n) is 7.06. The van der Waals surface area contributed by atoms with Crippen molar-refractivity contribution in [3.63, 3.8) is 0 Å². The van der Waals surface area contributed by atoms with Crippen molar-refractivity contribution in [3.05, 3.63) is 68.7 Å². The molecule has 0 aliphatic heterocycles. The number of halogens is 2. The summed E-state index contributed by atoms with van der Waals surface area (Å²) in [5.41, 5.74) is 7.21. The molecule has 0 saturated carbocycles. The standard InChI is InChI=1S/C17H16BrClN2O2/c1-11-6-7-13(10-14(11)18)17(23)21-20-16(22)9-8-12-4-2-3-5-15(12)19/h2-7,10H,8-9H2,1H3,(H,20,22)(H,21,23). The van der Waals surface area contributed by atoms with Crippen LogP contribution in [0.1, 0.15) is 27.9 Å². The highest BCUT2D eigenvalue weighted by atomic mass is 79.9. The maximum absolute atomic E-state index is 12.0. The van der Waals surface area contributed by atoms with Crippen LogP contribution in [-0.4, -0.2) is 11.8 Å². The summed E-state index contributed by atoms with van der Waals surface area (Å²) in [7, 11) is 0. The van der Waals surface area contributed by atoms with Gasteiger partial charge in [-0.2, -0.15) is 0 Å². The smallest absolute Gasteiger partial charge is 0.269 e. The molecule has 0 bridgehead atoms. The van der Waals surface area contributed by atoms with Gasteiger partial charge in [0, 0.05) is 21.5 Å². The number of hydrogen-bond donors (Lipinski definition) is 2. The Morgan fingerprint density at radius 2 is 1.87 bits per heavy atom. The number of carbonyl (C=O) groups is 2. The Hall–Kier alpha value is -1.85. The summed E-state index contributed by atoms with van der Waals surface area (Å²) in [5.74, 6) is -0.638. The van der Waals surface area contributed by atoms with Crippen LogP contribution in [0.5, 0.6) is 0 Å². The SMILES string of the molecule is Cc1ccc(C(=O)NNC(=O)CCc2ccccc2Cl)cc1Br. The van der Waals surface area contributed by atoms with Crippen LogP contribution in [0, 0.1) is 6.92 Å². The van der Waals surface area contributed by atoms with Crippen molar-refractivity contribution in [2.75, 3.05) is 0 Å². The molecule has 0 aromatic heterocycles. The molecule has 0 fully saturated rings. The fraction of sp³-hybridized carbons (Fsp3) is 0.176. The van der Waals surface area contributed by atoms with Crippen molar-refractivity contribution in [2.24, 2.45) is 0 Å². The Morgan fingerprint density at radius 1 is 1.13 bits per heavy atom. The Kier molecular flexibility index (Phi) is 6.19. The van der Waals surface area contributed by atoms with Crippen LogP contribution >= 0.6 is 27.5 Å². The van der Waals surface area contributed by atoms with E-state index in [0.29, 0.717) is 17.0 Å². The van der Waals surface area contributed by atoms with E-state index in [-0.39, 0.29) is 18.2 Å². The van der Waals surface area contributed by atoms with Crippen LogP contribution in [0.3, 0.4) is 0 Å². The third-order valence-electron chi connectivity index (χ3n) is 3.33. The number of carbonyl (C=O) groups excluding carboxylic acids is 2. The van der Waals surface area contributed by atoms with Crippen molar-refractivity contribution in [1.82, 2.24) is 10.9 Å². The summed E-state index contributed by atoms with van der Waals surface area (Å²) >= 11 is 9.41. The molecule has 0 aliphatic carbocycles. The highest BCUT2D eigenvalue weighted by Gasteiger charge is 2.09. The topological polar surface area (TPSA) is 58.2 Å². The van der Waals surface area contributed by atoms with Gasteiger partial charge >= 0.3 is 0 Å². The molecule has 0 radical (unpaired) electrons. The number of benzene rings is 2. The molecule has 0 unspecified atom stereocenters. The second kappa shape index (κ2) is 8.13. The maximum Gasteiger partial charge on any atom is 0.269 e. The molecular weight excluding hydrogens is 380 g/mol. The van der Waals surface area contributed by atoms with Crippen molar-refractivity contribution in [1.29, 1.82) is 0 Å². The van der Waals surface area contributed by atoms with Crippen LogP contribution in [0.2, 0.25) is 5.02 Å². The quantitative estimate of drug-likeness (QED) is 0.774. The highest BCUT2D eigenvalue weighted by Crippen LogP contribution is 2.17. The van der Waals surface area contributed by atoms with Gasteiger partial charge in [0.15, 0.2) is 0 Å². The molecule has 0 saturated heterocycles. The van der Waals surface area contributed by atoms with Crippen molar-refractivity contribution in [3.8, 4) is 0 Å². The maximum atomic E-state index is 12.0. The summed E-state index contributed by atoms with van der Waals surface area (Å²) in [6.45, 7) is 1.93. The van der Waals surface area contributed by atoms with Crippen molar-refractivity contribution < 1.29 is 9.59 Å². The molecule has 120 valence electrons. The predicted molar refractivity (Wildman–Crippen MR) is 94.3 cm³/mol. The van der Waals surface area contributed by atoms with Gasteiger partial charge in [-0.15, -0.1) is 0 Å². The second-order valence-corrected chi connectivity index (χ2v) is 6.32. The first-order valence-corrected chi connectivity index (χ1v) is 8.23. The van der Waals surface area contributed by atoms with Gasteiger partial charge in [0.2, 0.25) is 5.91 Å². The van der Waals surface area contributed by atoms with Gasteiger partial charge in [-0.1, -0.05) is 51.8 Å². The fourth-order valence-electron chi connectivity index (χ4n) is 1.94. The lowest BCUT2D eigenvalue weighted by atomic mass is 10.1. The van der Waals surface area contributed by atoms with Crippen LogP contribution in [-0.2, 0) is 11.2 Å². The Morgan fingerprint density at radius 3 is 2.57 bits per heavy atom. The number of hydrogen-bond acceptors (Lipinski definition) is 2. The molecule has 6 heteroatoms. The fourth-order valence-corrected chi connectivity index (χ4v) is 2.55. The van der Waals surface area contributed by atoms with Gasteiger partial charge in [0.25, 0.3) is 5.91 Å². The molecule has 2 aromatic carbocycles. The minimum Gasteiger partial charge on any atom is -0.273 e. The van der Waals surface area contributed by atoms with E-state index in [4.69, 9.17) is 11.6 Å². The summed E-state index contributed by atoms with van der Waals surface area (Å²) in [4.78, 5) is 23.8. The molecule has 0 aliphatic rings. The zero-order valence-corrected chi connectivity index (χ0v) is 14.9. The monoisotopic (exact) mass is 394 g/mol. The third kappa shape index (κ3) is 5.08. The van der Waals surface area contributed by atoms with Gasteiger partial charge in [-0.3, -0.25) is 20.4 Å². The van der Waals surface area contributed by atoms with Gasteiger partial charge in [-0.05, 0) is 42.7 Å². The summed E-state index contributed by atoms with van der Waals surface area (Å²) < 4.78 is 0.843. The number of rotatable bonds is 4. The van der Waals surface area contributed by atoms with E-state index in [2.05, 4.69) is 26.8 Å². The average Bonchev–Trinajstić information content (AvgIpc) is 2.54. The van der Waals surface area contributed by atoms with Gasteiger partial charge < -0.3 is 0 Å². The molecule has 23 heavy (non-hydrogen) atoms. The van der Waals surface area contributed by atoms with E-state index in [9.17, 15) is 9.59 Å². The molecule has 0 spiro atoms. The lowest BCUT2D eigenvalue weighted by molar-refractivity contribution is -0.121. The molecule has 4 nitrogen and oxygen atoms in total. The van der Waals surface area contributed by atoms with Crippen molar-refractivity contribution in [2.45, 2.75) is 19.8 Å². The van der Waals surface area contributed by atoms with Gasteiger partial charge in [-0.25, -0.2) is 0 Å². The minimum atomic E-state index is -0.364. The van der Waals surface area contributed by atoms with E-state index in [1.54, 1.807) is 18.2 Å². The van der Waals surface area contributed by atoms with Crippen LogP contribution in [0.4, 0.5) is 0 Å². The summed E-state index contributed by atoms with van der Waals surface area (Å²) in [5, 5.41) is 0.633. The molecule has 0 heterocycles. The Bertz CT molecular complexity index is 734. The van der Waals surface area contributed by atoms with E-state index >= 15 is 0 Å². The average molecular weight is 396 g/mol. The number of aryl methyl sites for hydroxylation is 2. The molecule has 2 aromatic rings. The molecule has 2 N–H and O–H groups in total. The third-order valence-corrected chi connectivity index (χ3v) is 4.55. The molecule has 0 atom stereocenters. The zero-order valence-electron chi connectivity index (χ0n) is 12.5. The van der Waals surface area contributed by atoms with Crippen molar-refractivity contribution >= 4 is 39.3 Å². The molecule has 2 amide bonds. The highest BCUT2D eigenvalue weighted by molar-refractivity contribution is 9.10. The first-order chi connectivity index (χ1) is 11.0. The first kappa shape index (κ1) is 17.5. The molecular formula is C17H16BrClN2O2. The second-order valence-electron chi connectivity index (χ2n) is 5.06. The van der Waals surface area contributed by atoms with Gasteiger partial charge in [0.1, 0.15) is 0 Å². The van der Waals surface area contributed by atoms with Crippen LogP contribution in [0.25, 0.3) is 0 Å². The van der Waals surface area contributed by atoms with Crippen LogP contribution < -0.4 is 10.9 Å². The van der Waals surface area contributed by atoms with E-state index in [0.717, 1.165) is 15.6 Å². The molecule has 2 rings (SSSR count). The normalized spacial score (nSPS) is 10.2. The Balaban J connectivity index is 1.83. The predicted octanol–water partition coefficient (Wildman–Crippen LogP) is 3.80. The number of nitrogens with one attached hydrogen (secondary N) is 2. The lowest BCUT2D eigenvalue weighted by Crippen LogP contribution is -2.41. The summed E-state index contributed by atoms with van der Waals surface area (Å²) in [6, 6.07) is 12.6. The zero-order chi connectivity index (χ0) is 16.8. The lowest BCUT2D eigenvalue weighted by Gasteiger charge is -2.09. The minimum absolute atomic E-state index is 0.238. The number of hydrazine groups is 1. The van der Waals surface area contributed by atoms with E-state index < -0.39 is 0 Å². The largest absolute Gasteiger partial charge is 0.273 e.